The number of esters is 1. The number of rotatable bonds is 29. The summed E-state index contributed by atoms with van der Waals surface area (Å²) in [5.41, 5.74) is 0.440. The normalized spacial score (nSPS) is 11.1. The molecule has 0 aliphatic heterocycles. The van der Waals surface area contributed by atoms with Crippen LogP contribution in [0, 0.1) is 0 Å². The number of carbonyl (C=O) groups is 1. The molecule has 0 aromatic rings. The fraction of sp³-hybridized carbons (Fsp3) is 0.906. The Kier molecular flexibility index (Phi) is 28.7. The van der Waals surface area contributed by atoms with Crippen LogP contribution in [0.1, 0.15) is 168 Å². The van der Waals surface area contributed by atoms with Crippen molar-refractivity contribution >= 4 is 5.97 Å². The van der Waals surface area contributed by atoms with Gasteiger partial charge in [0.1, 0.15) is 6.61 Å². The quantitative estimate of drug-likeness (QED) is 0.0589. The van der Waals surface area contributed by atoms with Crippen LogP contribution < -0.4 is 0 Å². The van der Waals surface area contributed by atoms with Crippen molar-refractivity contribution in [3.63, 3.8) is 0 Å². The van der Waals surface area contributed by atoms with Crippen LogP contribution in [0.4, 0.5) is 0 Å². The van der Waals surface area contributed by atoms with Crippen molar-refractivity contribution in [2.24, 2.45) is 0 Å². The van der Waals surface area contributed by atoms with Crippen molar-refractivity contribution in [3.8, 4) is 0 Å². The monoisotopic (exact) mass is 494 g/mol. The minimum Gasteiger partial charge on any atom is -0.460 e. The number of ether oxygens (including phenoxy) is 2. The summed E-state index contributed by atoms with van der Waals surface area (Å²) in [5, 5.41) is 0. The highest BCUT2D eigenvalue weighted by molar-refractivity contribution is 5.86. The number of hydrogen-bond donors (Lipinski definition) is 0. The first-order chi connectivity index (χ1) is 17.2. The molecule has 0 aromatic carbocycles. The molecule has 0 bridgehead atoms. The Balaban J connectivity index is 3.05. The lowest BCUT2D eigenvalue weighted by Crippen LogP contribution is -2.11. The Labute approximate surface area is 220 Å². The molecule has 0 aliphatic carbocycles. The highest BCUT2D eigenvalue weighted by Gasteiger charge is 2.02. The summed E-state index contributed by atoms with van der Waals surface area (Å²) in [6, 6.07) is 0. The van der Waals surface area contributed by atoms with E-state index in [-0.39, 0.29) is 5.97 Å². The van der Waals surface area contributed by atoms with Crippen molar-refractivity contribution in [1.82, 2.24) is 0 Å². The van der Waals surface area contributed by atoms with Crippen molar-refractivity contribution in [2.75, 3.05) is 19.8 Å². The molecular formula is C32H62O3. The summed E-state index contributed by atoms with van der Waals surface area (Å²) in [5.74, 6) is -0.330. The molecule has 0 radical (unpaired) electrons. The van der Waals surface area contributed by atoms with E-state index >= 15 is 0 Å². The van der Waals surface area contributed by atoms with Gasteiger partial charge in [-0.2, -0.15) is 0 Å². The summed E-state index contributed by atoms with van der Waals surface area (Å²) in [7, 11) is 0. The number of hydrogen-bond acceptors (Lipinski definition) is 3. The van der Waals surface area contributed by atoms with E-state index in [0.717, 1.165) is 13.0 Å². The average molecular weight is 495 g/mol. The molecule has 0 amide bonds. The second-order valence-corrected chi connectivity index (χ2v) is 10.7. The summed E-state index contributed by atoms with van der Waals surface area (Å²) < 4.78 is 10.5. The molecule has 0 N–H and O–H groups in total. The van der Waals surface area contributed by atoms with Crippen molar-refractivity contribution in [2.45, 2.75) is 168 Å². The average Bonchev–Trinajstić information content (AvgIpc) is 2.85. The molecule has 0 spiro atoms. The van der Waals surface area contributed by atoms with E-state index in [4.69, 9.17) is 9.47 Å². The summed E-state index contributed by atoms with van der Waals surface area (Å²) in [6.45, 7) is 9.09. The maximum atomic E-state index is 11.2. The molecule has 0 atom stereocenters. The Bertz CT molecular complexity index is 446. The summed E-state index contributed by atoms with van der Waals surface area (Å²) in [6.07, 6.45) is 33.9. The van der Waals surface area contributed by atoms with E-state index in [1.165, 1.54) is 148 Å². The third-order valence-electron chi connectivity index (χ3n) is 6.95. The zero-order valence-corrected chi connectivity index (χ0v) is 24.0. The molecule has 0 saturated carbocycles. The van der Waals surface area contributed by atoms with Crippen LogP contribution >= 0.6 is 0 Å². The SMILES string of the molecule is C=C(C)C(=O)OCCOCCCCCCCCCCCCCCCCCCCCCCCCCC. The van der Waals surface area contributed by atoms with E-state index in [0.29, 0.717) is 18.8 Å². The van der Waals surface area contributed by atoms with Gasteiger partial charge in [0, 0.05) is 12.2 Å². The Hall–Kier alpha value is -0.830. The van der Waals surface area contributed by atoms with E-state index in [1.807, 2.05) is 0 Å². The summed E-state index contributed by atoms with van der Waals surface area (Å²) in [4.78, 5) is 11.2. The second-order valence-electron chi connectivity index (χ2n) is 10.7. The number of unbranched alkanes of at least 4 members (excludes halogenated alkanes) is 23. The molecular weight excluding hydrogens is 432 g/mol. The molecule has 0 aliphatic rings. The van der Waals surface area contributed by atoms with Crippen LogP contribution in [0.2, 0.25) is 0 Å². The van der Waals surface area contributed by atoms with Crippen LogP contribution in [-0.2, 0) is 14.3 Å². The first kappa shape index (κ1) is 34.2. The first-order valence-corrected chi connectivity index (χ1v) is 15.6. The molecule has 0 saturated heterocycles. The fourth-order valence-corrected chi connectivity index (χ4v) is 4.58. The van der Waals surface area contributed by atoms with Crippen LogP contribution in [0.5, 0.6) is 0 Å². The van der Waals surface area contributed by atoms with E-state index in [1.54, 1.807) is 6.92 Å². The Morgan fingerprint density at radius 2 is 0.800 bits per heavy atom. The zero-order chi connectivity index (χ0) is 25.7. The van der Waals surface area contributed by atoms with Gasteiger partial charge in [-0.15, -0.1) is 0 Å². The standard InChI is InChI=1S/C32H62O3/c1-4-5-6-7-8-9-10-11-12-13-14-15-16-17-18-19-20-21-22-23-24-25-26-27-28-34-29-30-35-32(33)31(2)3/h2,4-30H2,1,3H3. The molecule has 0 fully saturated rings. The predicted molar refractivity (Wildman–Crippen MR) is 153 cm³/mol. The third-order valence-corrected chi connectivity index (χ3v) is 6.95. The maximum absolute atomic E-state index is 11.2. The predicted octanol–water partition coefficient (Wildman–Crippen LogP) is 10.5. The van der Waals surface area contributed by atoms with E-state index < -0.39 is 0 Å². The van der Waals surface area contributed by atoms with E-state index in [2.05, 4.69) is 13.5 Å². The number of carbonyl (C=O) groups excluding carboxylic acids is 1. The van der Waals surface area contributed by atoms with Crippen molar-refractivity contribution in [3.05, 3.63) is 12.2 Å². The topological polar surface area (TPSA) is 35.5 Å². The Morgan fingerprint density at radius 3 is 1.11 bits per heavy atom. The molecule has 3 nitrogen and oxygen atoms in total. The van der Waals surface area contributed by atoms with Gasteiger partial charge in [-0.05, 0) is 13.3 Å². The highest BCUT2D eigenvalue weighted by Crippen LogP contribution is 2.15. The molecule has 35 heavy (non-hydrogen) atoms. The lowest BCUT2D eigenvalue weighted by Gasteiger charge is -2.06. The highest BCUT2D eigenvalue weighted by atomic mass is 16.6. The van der Waals surface area contributed by atoms with Crippen molar-refractivity contribution in [1.29, 1.82) is 0 Å². The molecule has 0 rings (SSSR count). The van der Waals surface area contributed by atoms with Gasteiger partial charge in [0.2, 0.25) is 0 Å². The molecule has 208 valence electrons. The minimum absolute atomic E-state index is 0.324. The lowest BCUT2D eigenvalue weighted by atomic mass is 10.0. The van der Waals surface area contributed by atoms with Gasteiger partial charge in [-0.1, -0.05) is 161 Å². The molecule has 0 unspecified atom stereocenters. The van der Waals surface area contributed by atoms with Gasteiger partial charge in [0.05, 0.1) is 6.61 Å². The Morgan fingerprint density at radius 1 is 0.486 bits per heavy atom. The van der Waals surface area contributed by atoms with Gasteiger partial charge in [-0.3, -0.25) is 0 Å². The zero-order valence-electron chi connectivity index (χ0n) is 24.0. The van der Waals surface area contributed by atoms with Crippen LogP contribution in [0.15, 0.2) is 12.2 Å². The van der Waals surface area contributed by atoms with Gasteiger partial charge < -0.3 is 9.47 Å². The molecule has 0 heterocycles. The van der Waals surface area contributed by atoms with Gasteiger partial charge in [-0.25, -0.2) is 4.79 Å². The van der Waals surface area contributed by atoms with Crippen LogP contribution in [0.25, 0.3) is 0 Å². The molecule has 3 heteroatoms. The third kappa shape index (κ3) is 29.3. The maximum Gasteiger partial charge on any atom is 0.333 e. The van der Waals surface area contributed by atoms with Gasteiger partial charge >= 0.3 is 5.97 Å². The largest absolute Gasteiger partial charge is 0.460 e. The van der Waals surface area contributed by atoms with Crippen LogP contribution in [0.3, 0.4) is 0 Å². The van der Waals surface area contributed by atoms with Gasteiger partial charge in [0.25, 0.3) is 0 Å². The fourth-order valence-electron chi connectivity index (χ4n) is 4.58. The van der Waals surface area contributed by atoms with E-state index in [9.17, 15) is 4.79 Å². The lowest BCUT2D eigenvalue weighted by molar-refractivity contribution is -0.140. The van der Waals surface area contributed by atoms with Gasteiger partial charge in [0.15, 0.2) is 0 Å². The second kappa shape index (κ2) is 29.4. The first-order valence-electron chi connectivity index (χ1n) is 15.6. The summed E-state index contributed by atoms with van der Waals surface area (Å²) >= 11 is 0. The smallest absolute Gasteiger partial charge is 0.333 e. The minimum atomic E-state index is -0.330. The van der Waals surface area contributed by atoms with Crippen molar-refractivity contribution < 1.29 is 14.3 Å². The van der Waals surface area contributed by atoms with Crippen LogP contribution in [-0.4, -0.2) is 25.8 Å². The molecule has 0 aromatic heterocycles.